The summed E-state index contributed by atoms with van der Waals surface area (Å²) in [5.41, 5.74) is 1.81. The number of anilines is 1. The maximum atomic E-state index is 5.12. The lowest BCUT2D eigenvalue weighted by Crippen LogP contribution is -2.12. The standard InChI is InChI=1S/C12H17BrN6O/c1-5-6-14-10-15-11(17-12(16-10)20-4)19-8(3)9(13)7(2)18-19/h5-6H2,1-4H3,(H,14,15,16,17). The van der Waals surface area contributed by atoms with Gasteiger partial charge in [0.25, 0.3) is 5.95 Å². The Morgan fingerprint density at radius 3 is 2.55 bits per heavy atom. The lowest BCUT2D eigenvalue weighted by Gasteiger charge is -2.08. The summed E-state index contributed by atoms with van der Waals surface area (Å²) in [7, 11) is 1.53. The smallest absolute Gasteiger partial charge is 0.322 e. The maximum absolute atomic E-state index is 5.12. The number of aryl methyl sites for hydroxylation is 1. The van der Waals surface area contributed by atoms with E-state index in [9.17, 15) is 0 Å². The third kappa shape index (κ3) is 2.90. The predicted octanol–water partition coefficient (Wildman–Crippen LogP) is 2.27. The first-order valence-electron chi connectivity index (χ1n) is 6.32. The van der Waals surface area contributed by atoms with Crippen molar-refractivity contribution in [1.82, 2.24) is 24.7 Å². The number of aromatic nitrogens is 5. The summed E-state index contributed by atoms with van der Waals surface area (Å²) in [6, 6.07) is 0.261. The van der Waals surface area contributed by atoms with Crippen molar-refractivity contribution in [3.05, 3.63) is 15.9 Å². The molecular formula is C12H17BrN6O. The molecule has 0 aliphatic heterocycles. The molecule has 0 saturated carbocycles. The van der Waals surface area contributed by atoms with E-state index in [-0.39, 0.29) is 6.01 Å². The quantitative estimate of drug-likeness (QED) is 0.899. The van der Waals surface area contributed by atoms with E-state index in [1.807, 2.05) is 13.8 Å². The molecule has 0 radical (unpaired) electrons. The SMILES string of the molecule is CCCNc1nc(OC)nc(-n2nc(C)c(Br)c2C)n1. The van der Waals surface area contributed by atoms with Gasteiger partial charge in [-0.1, -0.05) is 6.92 Å². The van der Waals surface area contributed by atoms with Gasteiger partial charge in [-0.2, -0.15) is 20.1 Å². The molecular weight excluding hydrogens is 324 g/mol. The second kappa shape index (κ2) is 6.17. The molecule has 20 heavy (non-hydrogen) atoms. The third-order valence-corrected chi connectivity index (χ3v) is 3.86. The van der Waals surface area contributed by atoms with Crippen molar-refractivity contribution in [2.24, 2.45) is 0 Å². The molecule has 7 nitrogen and oxygen atoms in total. The molecule has 0 saturated heterocycles. The van der Waals surface area contributed by atoms with E-state index in [0.717, 1.165) is 28.8 Å². The lowest BCUT2D eigenvalue weighted by molar-refractivity contribution is 0.377. The average molecular weight is 341 g/mol. The van der Waals surface area contributed by atoms with Crippen LogP contribution in [0.5, 0.6) is 6.01 Å². The normalized spacial score (nSPS) is 10.7. The van der Waals surface area contributed by atoms with Gasteiger partial charge in [-0.3, -0.25) is 0 Å². The molecule has 0 bridgehead atoms. The summed E-state index contributed by atoms with van der Waals surface area (Å²) >= 11 is 3.49. The van der Waals surface area contributed by atoms with E-state index in [4.69, 9.17) is 4.74 Å². The minimum atomic E-state index is 0.261. The zero-order valence-electron chi connectivity index (χ0n) is 11.9. The zero-order valence-corrected chi connectivity index (χ0v) is 13.5. The summed E-state index contributed by atoms with van der Waals surface area (Å²) < 4.78 is 7.73. The fourth-order valence-electron chi connectivity index (χ4n) is 1.67. The number of nitrogens with zero attached hydrogens (tertiary/aromatic N) is 5. The van der Waals surface area contributed by atoms with Gasteiger partial charge >= 0.3 is 6.01 Å². The molecule has 0 amide bonds. The van der Waals surface area contributed by atoms with Crippen LogP contribution in [0.25, 0.3) is 5.95 Å². The number of halogens is 1. The van der Waals surface area contributed by atoms with Gasteiger partial charge in [0, 0.05) is 6.54 Å². The summed E-state index contributed by atoms with van der Waals surface area (Å²) in [6.07, 6.45) is 0.981. The highest BCUT2D eigenvalue weighted by Crippen LogP contribution is 2.22. The Balaban J connectivity index is 2.46. The number of ether oxygens (including phenoxy) is 1. The Labute approximate surface area is 125 Å². The van der Waals surface area contributed by atoms with Crippen molar-refractivity contribution < 1.29 is 4.74 Å². The van der Waals surface area contributed by atoms with Gasteiger partial charge in [0.2, 0.25) is 5.95 Å². The molecule has 0 aliphatic carbocycles. The van der Waals surface area contributed by atoms with E-state index in [1.165, 1.54) is 7.11 Å². The lowest BCUT2D eigenvalue weighted by atomic mass is 10.4. The van der Waals surface area contributed by atoms with E-state index in [1.54, 1.807) is 4.68 Å². The number of nitrogens with one attached hydrogen (secondary N) is 1. The molecule has 0 unspecified atom stereocenters. The van der Waals surface area contributed by atoms with Crippen molar-refractivity contribution >= 4 is 21.9 Å². The van der Waals surface area contributed by atoms with Gasteiger partial charge in [0.15, 0.2) is 0 Å². The van der Waals surface area contributed by atoms with Crippen LogP contribution in [0.3, 0.4) is 0 Å². The van der Waals surface area contributed by atoms with E-state index < -0.39 is 0 Å². The molecule has 0 fully saturated rings. The molecule has 2 heterocycles. The van der Waals surface area contributed by atoms with Crippen LogP contribution in [0.15, 0.2) is 4.47 Å². The molecule has 2 aromatic rings. The Bertz CT molecular complexity index is 612. The highest BCUT2D eigenvalue weighted by molar-refractivity contribution is 9.10. The van der Waals surface area contributed by atoms with Crippen molar-refractivity contribution in [1.29, 1.82) is 0 Å². The van der Waals surface area contributed by atoms with Crippen LogP contribution in [-0.2, 0) is 0 Å². The van der Waals surface area contributed by atoms with Gasteiger partial charge in [-0.25, -0.2) is 4.68 Å². The summed E-state index contributed by atoms with van der Waals surface area (Å²) in [5.74, 6) is 0.916. The number of rotatable bonds is 5. The van der Waals surface area contributed by atoms with Crippen molar-refractivity contribution in [3.8, 4) is 12.0 Å². The topological polar surface area (TPSA) is 77.8 Å². The summed E-state index contributed by atoms with van der Waals surface area (Å²) in [5, 5.41) is 7.54. The number of methoxy groups -OCH3 is 1. The van der Waals surface area contributed by atoms with Gasteiger partial charge in [-0.15, -0.1) is 0 Å². The van der Waals surface area contributed by atoms with Crippen molar-refractivity contribution in [3.63, 3.8) is 0 Å². The third-order valence-electron chi connectivity index (χ3n) is 2.71. The molecule has 2 rings (SSSR count). The molecule has 0 spiro atoms. The van der Waals surface area contributed by atoms with Gasteiger partial charge in [-0.05, 0) is 36.2 Å². The molecule has 1 N–H and O–H groups in total. The maximum Gasteiger partial charge on any atom is 0.322 e. The van der Waals surface area contributed by atoms with Gasteiger partial charge < -0.3 is 10.1 Å². The van der Waals surface area contributed by atoms with Gasteiger partial charge in [0.1, 0.15) is 0 Å². The molecule has 108 valence electrons. The Kier molecular flexibility index (Phi) is 4.53. The Morgan fingerprint density at radius 2 is 2.00 bits per heavy atom. The average Bonchev–Trinajstić information content (AvgIpc) is 2.72. The van der Waals surface area contributed by atoms with E-state index in [0.29, 0.717) is 11.9 Å². The molecule has 8 heteroatoms. The Hall–Kier alpha value is -1.70. The number of hydrogen-bond acceptors (Lipinski definition) is 6. The van der Waals surface area contributed by atoms with Crippen LogP contribution < -0.4 is 10.1 Å². The second-order valence-corrected chi connectivity index (χ2v) is 5.06. The predicted molar refractivity (Wildman–Crippen MR) is 79.5 cm³/mol. The van der Waals surface area contributed by atoms with Crippen LogP contribution in [0.4, 0.5) is 5.95 Å². The monoisotopic (exact) mass is 340 g/mol. The van der Waals surface area contributed by atoms with Gasteiger partial charge in [0.05, 0.1) is 23.0 Å². The first-order chi connectivity index (χ1) is 9.56. The zero-order chi connectivity index (χ0) is 14.7. The van der Waals surface area contributed by atoms with Crippen LogP contribution in [-0.4, -0.2) is 38.4 Å². The molecule has 0 aliphatic rings. The molecule has 2 aromatic heterocycles. The Morgan fingerprint density at radius 1 is 1.25 bits per heavy atom. The van der Waals surface area contributed by atoms with Crippen molar-refractivity contribution in [2.45, 2.75) is 27.2 Å². The molecule has 0 aromatic carbocycles. The highest BCUT2D eigenvalue weighted by atomic mass is 79.9. The fourth-order valence-corrected chi connectivity index (χ4v) is 1.91. The molecule has 0 atom stereocenters. The van der Waals surface area contributed by atoms with E-state index in [2.05, 4.69) is 48.2 Å². The van der Waals surface area contributed by atoms with Crippen LogP contribution in [0, 0.1) is 13.8 Å². The minimum Gasteiger partial charge on any atom is -0.467 e. The van der Waals surface area contributed by atoms with E-state index >= 15 is 0 Å². The van der Waals surface area contributed by atoms with Crippen LogP contribution in [0.2, 0.25) is 0 Å². The largest absolute Gasteiger partial charge is 0.467 e. The van der Waals surface area contributed by atoms with Crippen LogP contribution >= 0.6 is 15.9 Å². The first kappa shape index (κ1) is 14.7. The summed E-state index contributed by atoms with van der Waals surface area (Å²) in [6.45, 7) is 6.72. The number of hydrogen-bond donors (Lipinski definition) is 1. The summed E-state index contributed by atoms with van der Waals surface area (Å²) in [4.78, 5) is 12.8. The minimum absolute atomic E-state index is 0.261. The highest BCUT2D eigenvalue weighted by Gasteiger charge is 2.15. The first-order valence-corrected chi connectivity index (χ1v) is 7.12. The van der Waals surface area contributed by atoms with Crippen molar-refractivity contribution in [2.75, 3.05) is 19.0 Å². The van der Waals surface area contributed by atoms with Crippen LogP contribution in [0.1, 0.15) is 24.7 Å². The fraction of sp³-hybridized carbons (Fsp3) is 0.500. The second-order valence-electron chi connectivity index (χ2n) is 4.27.